The van der Waals surface area contributed by atoms with Gasteiger partial charge in [-0.15, -0.1) is 0 Å². The lowest BCUT2D eigenvalue weighted by Crippen LogP contribution is -2.17. The molecular weight excluding hydrogens is 290 g/mol. The predicted octanol–water partition coefficient (Wildman–Crippen LogP) is 3.76. The summed E-state index contributed by atoms with van der Waals surface area (Å²) >= 11 is 6.00. The average molecular weight is 308 g/mol. The molecule has 5 nitrogen and oxygen atoms in total. The summed E-state index contributed by atoms with van der Waals surface area (Å²) in [6.45, 7) is 6.52. The van der Waals surface area contributed by atoms with Gasteiger partial charge in [0.15, 0.2) is 10.9 Å². The van der Waals surface area contributed by atoms with Crippen molar-refractivity contribution in [1.29, 1.82) is 0 Å². The lowest BCUT2D eigenvalue weighted by atomic mass is 9.95. The van der Waals surface area contributed by atoms with Crippen LogP contribution < -0.4 is 4.74 Å². The summed E-state index contributed by atoms with van der Waals surface area (Å²) in [4.78, 5) is 12.9. The van der Waals surface area contributed by atoms with Crippen molar-refractivity contribution in [3.63, 3.8) is 0 Å². The van der Waals surface area contributed by atoms with Gasteiger partial charge in [-0.05, 0) is 12.1 Å². The summed E-state index contributed by atoms with van der Waals surface area (Å²) in [6, 6.07) is 5.23. The van der Waals surface area contributed by atoms with Crippen molar-refractivity contribution in [2.45, 2.75) is 32.8 Å². The Morgan fingerprint density at radius 2 is 2.00 bits per heavy atom. The zero-order chi connectivity index (χ0) is 15.5. The highest BCUT2D eigenvalue weighted by molar-refractivity contribution is 6.30. The molecular formula is C15H18ClN3O2. The van der Waals surface area contributed by atoms with Gasteiger partial charge in [0.1, 0.15) is 5.82 Å². The van der Waals surface area contributed by atoms with Crippen molar-refractivity contribution in [3.05, 3.63) is 41.1 Å². The topological polar surface area (TPSA) is 57.1 Å². The van der Waals surface area contributed by atoms with Crippen molar-refractivity contribution in [2.75, 3.05) is 7.11 Å². The fourth-order valence-electron chi connectivity index (χ4n) is 1.64. The van der Waals surface area contributed by atoms with E-state index < -0.39 is 0 Å². The van der Waals surface area contributed by atoms with Gasteiger partial charge in [-0.1, -0.05) is 32.4 Å². The van der Waals surface area contributed by atoms with Gasteiger partial charge in [0.05, 0.1) is 12.3 Å². The van der Waals surface area contributed by atoms with Gasteiger partial charge in [-0.2, -0.15) is 4.98 Å². The lowest BCUT2D eigenvalue weighted by molar-refractivity contribution is 0.180. The molecule has 112 valence electrons. The number of hydrogen-bond acceptors (Lipinski definition) is 5. The summed E-state index contributed by atoms with van der Waals surface area (Å²) in [7, 11) is 1.62. The molecule has 0 saturated carbocycles. The second kappa shape index (κ2) is 6.37. The highest BCUT2D eigenvalue weighted by Crippen LogP contribution is 2.28. The third-order valence-electron chi connectivity index (χ3n) is 2.66. The molecule has 0 amide bonds. The Bertz CT molecular complexity index is 627. The monoisotopic (exact) mass is 307 g/mol. The van der Waals surface area contributed by atoms with Gasteiger partial charge in [0, 0.05) is 24.8 Å². The fraction of sp³-hybridized carbons (Fsp3) is 0.400. The van der Waals surface area contributed by atoms with Gasteiger partial charge in [0.25, 0.3) is 0 Å². The quantitative estimate of drug-likeness (QED) is 0.805. The number of ether oxygens (including phenoxy) is 2. The van der Waals surface area contributed by atoms with Crippen molar-refractivity contribution < 1.29 is 9.47 Å². The van der Waals surface area contributed by atoms with Crippen LogP contribution in [-0.2, 0) is 16.8 Å². The number of pyridine rings is 1. The smallest absolute Gasteiger partial charge is 0.223 e. The molecule has 2 heterocycles. The van der Waals surface area contributed by atoms with Crippen LogP contribution >= 0.6 is 11.6 Å². The Labute approximate surface area is 129 Å². The third-order valence-corrected chi connectivity index (χ3v) is 2.94. The van der Waals surface area contributed by atoms with Crippen LogP contribution in [-0.4, -0.2) is 22.1 Å². The predicted molar refractivity (Wildman–Crippen MR) is 80.8 cm³/mol. The molecule has 0 unspecified atom stereocenters. The molecule has 0 aliphatic carbocycles. The average Bonchev–Trinajstić information content (AvgIpc) is 2.41. The molecule has 0 N–H and O–H groups in total. The van der Waals surface area contributed by atoms with Crippen molar-refractivity contribution in [3.8, 4) is 11.6 Å². The Morgan fingerprint density at radius 1 is 1.24 bits per heavy atom. The van der Waals surface area contributed by atoms with Crippen LogP contribution in [0, 0.1) is 0 Å². The van der Waals surface area contributed by atoms with Crippen LogP contribution in [0.4, 0.5) is 0 Å². The summed E-state index contributed by atoms with van der Waals surface area (Å²) in [5.74, 6) is 1.57. The number of rotatable bonds is 4. The first kappa shape index (κ1) is 15.7. The van der Waals surface area contributed by atoms with E-state index in [0.29, 0.717) is 29.2 Å². The van der Waals surface area contributed by atoms with Gasteiger partial charge in [0.2, 0.25) is 5.88 Å². The Kier molecular flexibility index (Phi) is 4.75. The highest BCUT2D eigenvalue weighted by Gasteiger charge is 2.20. The largest absolute Gasteiger partial charge is 0.436 e. The molecule has 0 bridgehead atoms. The van der Waals surface area contributed by atoms with Gasteiger partial charge in [-0.25, -0.2) is 9.97 Å². The van der Waals surface area contributed by atoms with Crippen LogP contribution in [0.5, 0.6) is 11.6 Å². The molecule has 0 fully saturated rings. The maximum absolute atomic E-state index is 6.00. The standard InChI is InChI=1S/C15H18ClN3O2/c1-15(2,3)14-18-10(9-20-4)8-12(19-14)21-11-6-5-7-17-13(11)16/h5-8H,9H2,1-4H3. The maximum Gasteiger partial charge on any atom is 0.223 e. The van der Waals surface area contributed by atoms with Crippen LogP contribution in [0.3, 0.4) is 0 Å². The van der Waals surface area contributed by atoms with Crippen LogP contribution in [0.2, 0.25) is 5.15 Å². The first-order chi connectivity index (χ1) is 9.90. The molecule has 0 aliphatic rings. The zero-order valence-corrected chi connectivity index (χ0v) is 13.3. The normalized spacial score (nSPS) is 11.5. The highest BCUT2D eigenvalue weighted by atomic mass is 35.5. The Balaban J connectivity index is 2.38. The third kappa shape index (κ3) is 4.12. The molecule has 0 radical (unpaired) electrons. The first-order valence-corrected chi connectivity index (χ1v) is 6.93. The summed E-state index contributed by atoms with van der Waals surface area (Å²) in [6.07, 6.45) is 1.60. The van der Waals surface area contributed by atoms with Crippen LogP contribution in [0.25, 0.3) is 0 Å². The zero-order valence-electron chi connectivity index (χ0n) is 12.6. The second-order valence-corrected chi connectivity index (χ2v) is 5.96. The van der Waals surface area contributed by atoms with E-state index in [1.165, 1.54) is 0 Å². The van der Waals surface area contributed by atoms with E-state index in [2.05, 4.69) is 15.0 Å². The van der Waals surface area contributed by atoms with Gasteiger partial charge in [-0.3, -0.25) is 0 Å². The minimum absolute atomic E-state index is 0.194. The van der Waals surface area contributed by atoms with Gasteiger partial charge < -0.3 is 9.47 Å². The van der Waals surface area contributed by atoms with Crippen molar-refractivity contribution in [2.24, 2.45) is 0 Å². The van der Waals surface area contributed by atoms with E-state index in [1.54, 1.807) is 31.5 Å². The minimum Gasteiger partial charge on any atom is -0.436 e. The number of halogens is 1. The molecule has 0 atom stereocenters. The summed E-state index contributed by atoms with van der Waals surface area (Å²) in [5, 5.41) is 0.293. The Morgan fingerprint density at radius 3 is 2.62 bits per heavy atom. The summed E-state index contributed by atoms with van der Waals surface area (Å²) < 4.78 is 10.9. The molecule has 0 aromatic carbocycles. The van der Waals surface area contributed by atoms with E-state index in [4.69, 9.17) is 21.1 Å². The second-order valence-electron chi connectivity index (χ2n) is 5.60. The van der Waals surface area contributed by atoms with Crippen LogP contribution in [0.1, 0.15) is 32.3 Å². The molecule has 0 aliphatic heterocycles. The minimum atomic E-state index is -0.194. The number of methoxy groups -OCH3 is 1. The Hall–Kier alpha value is -1.72. The number of nitrogens with zero attached hydrogens (tertiary/aromatic N) is 3. The molecule has 21 heavy (non-hydrogen) atoms. The molecule has 2 rings (SSSR count). The van der Waals surface area contributed by atoms with E-state index in [9.17, 15) is 0 Å². The van der Waals surface area contributed by atoms with E-state index in [-0.39, 0.29) is 5.41 Å². The molecule has 0 spiro atoms. The SMILES string of the molecule is COCc1cc(Oc2cccnc2Cl)nc(C(C)(C)C)n1. The molecule has 6 heteroatoms. The van der Waals surface area contributed by atoms with Gasteiger partial charge >= 0.3 is 0 Å². The van der Waals surface area contributed by atoms with Crippen molar-refractivity contribution in [1.82, 2.24) is 15.0 Å². The fourth-order valence-corrected chi connectivity index (χ4v) is 1.80. The van der Waals surface area contributed by atoms with Crippen LogP contribution in [0.15, 0.2) is 24.4 Å². The first-order valence-electron chi connectivity index (χ1n) is 6.56. The van der Waals surface area contributed by atoms with Crippen molar-refractivity contribution >= 4 is 11.6 Å². The summed E-state index contributed by atoms with van der Waals surface area (Å²) in [5.41, 5.74) is 0.563. The van der Waals surface area contributed by atoms with E-state index >= 15 is 0 Å². The maximum atomic E-state index is 6.00. The number of aromatic nitrogens is 3. The molecule has 0 saturated heterocycles. The van der Waals surface area contributed by atoms with E-state index in [0.717, 1.165) is 5.69 Å². The molecule has 2 aromatic rings. The lowest BCUT2D eigenvalue weighted by Gasteiger charge is -2.18. The molecule has 2 aromatic heterocycles. The number of hydrogen-bond donors (Lipinski definition) is 0. The van der Waals surface area contributed by atoms with E-state index in [1.807, 2.05) is 20.8 Å².